The molecule has 39 heavy (non-hydrogen) atoms. The van der Waals surface area contributed by atoms with E-state index in [2.05, 4.69) is 9.69 Å². The van der Waals surface area contributed by atoms with Gasteiger partial charge in [0.15, 0.2) is 5.69 Å². The SMILES string of the molecule is CCc1ccccc1N(C(=O)c1snc(C(N)=O)c1N)[C@@H](C(=O)NC1CCCC1)c1cc(OC)ccc1OC. The molecule has 1 aromatic heterocycles. The predicted molar refractivity (Wildman–Crippen MR) is 150 cm³/mol. The van der Waals surface area contributed by atoms with Crippen molar-refractivity contribution in [1.82, 2.24) is 9.69 Å². The normalized spacial score (nSPS) is 14.0. The minimum atomic E-state index is -1.16. The first-order chi connectivity index (χ1) is 18.8. The van der Waals surface area contributed by atoms with Crippen LogP contribution in [0.3, 0.4) is 0 Å². The summed E-state index contributed by atoms with van der Waals surface area (Å²) in [6, 6.07) is 11.3. The van der Waals surface area contributed by atoms with Crippen molar-refractivity contribution in [3.8, 4) is 11.5 Å². The Labute approximate surface area is 231 Å². The minimum absolute atomic E-state index is 0.00934. The fraction of sp³-hybridized carbons (Fsp3) is 0.357. The van der Waals surface area contributed by atoms with Crippen molar-refractivity contribution in [3.05, 3.63) is 64.2 Å². The van der Waals surface area contributed by atoms with Crippen molar-refractivity contribution >= 4 is 40.6 Å². The summed E-state index contributed by atoms with van der Waals surface area (Å²) in [5.41, 5.74) is 13.1. The van der Waals surface area contributed by atoms with Gasteiger partial charge in [0.05, 0.1) is 19.9 Å². The molecular formula is C28H33N5O5S. The Morgan fingerprint density at radius 2 is 1.85 bits per heavy atom. The molecule has 1 heterocycles. The Balaban J connectivity index is 1.96. The van der Waals surface area contributed by atoms with E-state index < -0.39 is 17.9 Å². The van der Waals surface area contributed by atoms with E-state index >= 15 is 0 Å². The number of carbonyl (C=O) groups excluding carboxylic acids is 3. The first kappa shape index (κ1) is 27.9. The van der Waals surface area contributed by atoms with Crippen molar-refractivity contribution in [2.24, 2.45) is 5.73 Å². The molecule has 0 aliphatic heterocycles. The molecule has 1 fully saturated rings. The van der Waals surface area contributed by atoms with E-state index in [0.717, 1.165) is 42.8 Å². The Kier molecular flexibility index (Phi) is 8.70. The van der Waals surface area contributed by atoms with Crippen LogP contribution >= 0.6 is 11.5 Å². The number of rotatable bonds is 10. The maximum Gasteiger partial charge on any atom is 0.273 e. The summed E-state index contributed by atoms with van der Waals surface area (Å²) >= 11 is 0.769. The zero-order valence-corrected chi connectivity index (χ0v) is 23.0. The number of amides is 3. The second kappa shape index (κ2) is 12.2. The van der Waals surface area contributed by atoms with Gasteiger partial charge in [0, 0.05) is 17.3 Å². The highest BCUT2D eigenvalue weighted by Gasteiger charge is 2.39. The maximum absolute atomic E-state index is 14.4. The molecule has 0 bridgehead atoms. The van der Waals surface area contributed by atoms with Gasteiger partial charge in [-0.25, -0.2) is 0 Å². The topological polar surface area (TPSA) is 150 Å². The van der Waals surface area contributed by atoms with Gasteiger partial charge in [0.25, 0.3) is 11.8 Å². The second-order valence-corrected chi connectivity index (χ2v) is 10.1. The second-order valence-electron chi connectivity index (χ2n) is 9.30. The molecule has 1 saturated carbocycles. The summed E-state index contributed by atoms with van der Waals surface area (Å²) in [6.07, 6.45) is 4.35. The molecule has 1 atom stereocenters. The van der Waals surface area contributed by atoms with E-state index in [-0.39, 0.29) is 28.2 Å². The lowest BCUT2D eigenvalue weighted by molar-refractivity contribution is -0.123. The number of hydrogen-bond donors (Lipinski definition) is 3. The Morgan fingerprint density at radius 3 is 2.46 bits per heavy atom. The van der Waals surface area contributed by atoms with Gasteiger partial charge in [0.1, 0.15) is 22.4 Å². The van der Waals surface area contributed by atoms with Crippen molar-refractivity contribution < 1.29 is 23.9 Å². The highest BCUT2D eigenvalue weighted by atomic mass is 32.1. The Bertz CT molecular complexity index is 1370. The summed E-state index contributed by atoms with van der Waals surface area (Å²) in [7, 11) is 3.03. The first-order valence-corrected chi connectivity index (χ1v) is 13.6. The minimum Gasteiger partial charge on any atom is -0.497 e. The number of aryl methyl sites for hydroxylation is 1. The van der Waals surface area contributed by atoms with Crippen LogP contribution in [0, 0.1) is 0 Å². The lowest BCUT2D eigenvalue weighted by atomic mass is 9.98. The van der Waals surface area contributed by atoms with Gasteiger partial charge in [-0.15, -0.1) is 0 Å². The van der Waals surface area contributed by atoms with E-state index in [1.54, 1.807) is 30.3 Å². The quantitative estimate of drug-likeness (QED) is 0.346. The number of carbonyl (C=O) groups is 3. The number of methoxy groups -OCH3 is 2. The number of para-hydroxylation sites is 1. The number of primary amides is 1. The monoisotopic (exact) mass is 551 g/mol. The molecule has 11 heteroatoms. The summed E-state index contributed by atoms with van der Waals surface area (Å²) in [5, 5.41) is 3.15. The van der Waals surface area contributed by atoms with E-state index in [1.165, 1.54) is 19.1 Å². The van der Waals surface area contributed by atoms with Crippen LogP contribution in [-0.4, -0.2) is 42.4 Å². The van der Waals surface area contributed by atoms with Crippen LogP contribution in [-0.2, 0) is 11.2 Å². The smallest absolute Gasteiger partial charge is 0.273 e. The van der Waals surface area contributed by atoms with Crippen LogP contribution < -0.4 is 31.2 Å². The van der Waals surface area contributed by atoms with Gasteiger partial charge >= 0.3 is 0 Å². The van der Waals surface area contributed by atoms with Gasteiger partial charge in [0.2, 0.25) is 5.91 Å². The number of ether oxygens (including phenoxy) is 2. The Morgan fingerprint density at radius 1 is 1.13 bits per heavy atom. The zero-order valence-electron chi connectivity index (χ0n) is 22.2. The van der Waals surface area contributed by atoms with Crippen molar-refractivity contribution in [3.63, 3.8) is 0 Å². The molecule has 1 aliphatic rings. The molecule has 206 valence electrons. The van der Waals surface area contributed by atoms with Gasteiger partial charge < -0.3 is 26.3 Å². The molecule has 10 nitrogen and oxygen atoms in total. The van der Waals surface area contributed by atoms with Gasteiger partial charge in [-0.05, 0) is 60.6 Å². The van der Waals surface area contributed by atoms with Crippen LogP contribution in [0.5, 0.6) is 11.5 Å². The molecule has 2 aromatic carbocycles. The summed E-state index contributed by atoms with van der Waals surface area (Å²) in [6.45, 7) is 1.97. The number of nitrogens with one attached hydrogen (secondary N) is 1. The number of nitrogen functional groups attached to an aromatic ring is 1. The molecule has 1 aliphatic carbocycles. The lowest BCUT2D eigenvalue weighted by Gasteiger charge is -2.34. The third-order valence-corrected chi connectivity index (χ3v) is 7.80. The number of nitrogens with zero attached hydrogens (tertiary/aromatic N) is 2. The fourth-order valence-electron chi connectivity index (χ4n) is 4.95. The van der Waals surface area contributed by atoms with E-state index in [0.29, 0.717) is 29.2 Å². The molecule has 3 amide bonds. The van der Waals surface area contributed by atoms with Crippen molar-refractivity contribution in [1.29, 1.82) is 0 Å². The molecule has 0 saturated heterocycles. The third-order valence-electron chi connectivity index (χ3n) is 6.95. The van der Waals surface area contributed by atoms with Crippen LogP contribution in [0.25, 0.3) is 0 Å². The number of hydrogen-bond acceptors (Lipinski definition) is 8. The first-order valence-electron chi connectivity index (χ1n) is 12.8. The molecule has 0 radical (unpaired) electrons. The molecule has 0 spiro atoms. The van der Waals surface area contributed by atoms with E-state index in [9.17, 15) is 14.4 Å². The van der Waals surface area contributed by atoms with Gasteiger partial charge in [-0.3, -0.25) is 19.3 Å². The number of benzene rings is 2. The number of anilines is 2. The van der Waals surface area contributed by atoms with E-state index in [4.69, 9.17) is 20.9 Å². The molecule has 3 aromatic rings. The summed E-state index contributed by atoms with van der Waals surface area (Å²) < 4.78 is 15.2. The van der Waals surface area contributed by atoms with Gasteiger partial charge in [-0.2, -0.15) is 4.37 Å². The summed E-state index contributed by atoms with van der Waals surface area (Å²) in [4.78, 5) is 41.9. The van der Waals surface area contributed by atoms with Crippen LogP contribution in [0.1, 0.15) is 69.9 Å². The zero-order chi connectivity index (χ0) is 28.1. The molecule has 0 unspecified atom stereocenters. The molecule has 4 rings (SSSR count). The highest BCUT2D eigenvalue weighted by Crippen LogP contribution is 2.39. The molecule has 5 N–H and O–H groups in total. The Hall–Kier alpha value is -4.12. The number of aromatic nitrogens is 1. The van der Waals surface area contributed by atoms with Crippen LogP contribution in [0.15, 0.2) is 42.5 Å². The third kappa shape index (κ3) is 5.68. The predicted octanol–water partition coefficient (Wildman–Crippen LogP) is 3.85. The van der Waals surface area contributed by atoms with Crippen LogP contribution in [0.4, 0.5) is 11.4 Å². The standard InChI is InChI=1S/C28H33N5O5S/c1-4-16-9-5-8-12-20(16)33(28(36)25-22(29)23(26(30)34)32-39-25)24(27(35)31-17-10-6-7-11-17)19-15-18(37-2)13-14-21(19)38-3/h5,8-9,12-15,17,24H,4,6-7,10-11,29H2,1-3H3,(H2,30,34)(H,31,35)/t24-/m1/s1. The average Bonchev–Trinajstić information content (AvgIpc) is 3.60. The van der Waals surface area contributed by atoms with Crippen molar-refractivity contribution in [2.75, 3.05) is 24.9 Å². The van der Waals surface area contributed by atoms with Crippen LogP contribution in [0.2, 0.25) is 0 Å². The summed E-state index contributed by atoms with van der Waals surface area (Å²) in [5.74, 6) is -0.896. The van der Waals surface area contributed by atoms with Crippen molar-refractivity contribution in [2.45, 2.75) is 51.1 Å². The average molecular weight is 552 g/mol. The lowest BCUT2D eigenvalue weighted by Crippen LogP contribution is -2.46. The molecular weight excluding hydrogens is 518 g/mol. The largest absolute Gasteiger partial charge is 0.497 e. The van der Waals surface area contributed by atoms with E-state index in [1.807, 2.05) is 19.1 Å². The fourth-order valence-corrected chi connectivity index (χ4v) is 5.69. The maximum atomic E-state index is 14.4. The highest BCUT2D eigenvalue weighted by molar-refractivity contribution is 7.09. The number of nitrogens with two attached hydrogens (primary N) is 2. The van der Waals surface area contributed by atoms with Gasteiger partial charge in [-0.1, -0.05) is 38.0 Å².